The minimum Gasteiger partial charge on any atom is -0.484 e. The zero-order valence-electron chi connectivity index (χ0n) is 13.0. The highest BCUT2D eigenvalue weighted by molar-refractivity contribution is 9.11. The number of halogens is 1. The Bertz CT molecular complexity index is 782. The average molecular weight is 431 g/mol. The maximum Gasteiger partial charge on any atom is 0.238 e. The number of nitrogens with two attached hydrogens (primary N) is 1. The number of piperidine rings is 1. The Morgan fingerprint density at radius 1 is 1.17 bits per heavy atom. The lowest BCUT2D eigenvalue weighted by molar-refractivity contribution is 0.228. The molecule has 2 heterocycles. The van der Waals surface area contributed by atoms with Crippen molar-refractivity contribution in [3.8, 4) is 5.06 Å². The molecule has 1 fully saturated rings. The second kappa shape index (κ2) is 7.43. The van der Waals surface area contributed by atoms with Gasteiger partial charge in [0.2, 0.25) is 10.0 Å². The Hall–Kier alpha value is -1.09. The highest BCUT2D eigenvalue weighted by atomic mass is 79.9. The molecule has 1 aromatic heterocycles. The van der Waals surface area contributed by atoms with Gasteiger partial charge >= 0.3 is 0 Å². The van der Waals surface area contributed by atoms with Crippen molar-refractivity contribution in [3.63, 3.8) is 0 Å². The number of ether oxygens (including phenoxy) is 1. The summed E-state index contributed by atoms with van der Waals surface area (Å²) >= 11 is 5.04. The van der Waals surface area contributed by atoms with Gasteiger partial charge in [0.1, 0.15) is 0 Å². The molecule has 8 heteroatoms. The molecule has 0 spiro atoms. The fourth-order valence-corrected chi connectivity index (χ4v) is 4.50. The minimum absolute atomic E-state index is 0.150. The van der Waals surface area contributed by atoms with E-state index >= 15 is 0 Å². The minimum atomic E-state index is -3.63. The molecule has 1 saturated heterocycles. The van der Waals surface area contributed by atoms with Gasteiger partial charge in [-0.25, -0.2) is 13.6 Å². The van der Waals surface area contributed by atoms with E-state index in [1.807, 2.05) is 24.3 Å². The summed E-state index contributed by atoms with van der Waals surface area (Å²) in [5.41, 5.74) is 1.03. The molecule has 0 aliphatic carbocycles. The van der Waals surface area contributed by atoms with Crippen molar-refractivity contribution in [3.05, 3.63) is 40.2 Å². The van der Waals surface area contributed by atoms with Gasteiger partial charge in [-0.1, -0.05) is 11.3 Å². The van der Waals surface area contributed by atoms with Crippen LogP contribution in [0.4, 0.5) is 5.69 Å². The zero-order valence-corrected chi connectivity index (χ0v) is 16.2. The van der Waals surface area contributed by atoms with Crippen LogP contribution >= 0.6 is 27.3 Å². The summed E-state index contributed by atoms with van der Waals surface area (Å²) in [5, 5.41) is 6.08. The largest absolute Gasteiger partial charge is 0.484 e. The SMILES string of the molecule is NS(=O)(=O)c1ccc(N2CCC(COc3ccc(Br)s3)CC2)cc1. The Balaban J connectivity index is 1.51. The molecule has 0 atom stereocenters. The zero-order chi connectivity index (χ0) is 17.2. The summed E-state index contributed by atoms with van der Waals surface area (Å²) in [7, 11) is -3.63. The topological polar surface area (TPSA) is 72.6 Å². The molecule has 1 aromatic carbocycles. The predicted molar refractivity (Wildman–Crippen MR) is 100 cm³/mol. The fraction of sp³-hybridized carbons (Fsp3) is 0.375. The van der Waals surface area contributed by atoms with Crippen LogP contribution in [0.2, 0.25) is 0 Å². The van der Waals surface area contributed by atoms with Gasteiger partial charge in [0.15, 0.2) is 5.06 Å². The van der Waals surface area contributed by atoms with Gasteiger partial charge in [-0.2, -0.15) is 0 Å². The first-order valence-corrected chi connectivity index (χ1v) is 10.8. The molecule has 1 aliphatic heterocycles. The van der Waals surface area contributed by atoms with Gasteiger partial charge in [-0.3, -0.25) is 0 Å². The number of hydrogen-bond donors (Lipinski definition) is 1. The third-order valence-corrected chi connectivity index (χ3v) is 6.62. The van der Waals surface area contributed by atoms with E-state index in [1.54, 1.807) is 23.5 Å². The van der Waals surface area contributed by atoms with Gasteiger partial charge in [0.25, 0.3) is 0 Å². The number of primary sulfonamides is 1. The van der Waals surface area contributed by atoms with E-state index in [0.717, 1.165) is 47.1 Å². The van der Waals surface area contributed by atoms with Crippen LogP contribution in [0.15, 0.2) is 45.1 Å². The van der Waals surface area contributed by atoms with Gasteiger partial charge in [-0.05, 0) is 71.1 Å². The fourth-order valence-electron chi connectivity index (χ4n) is 2.78. The van der Waals surface area contributed by atoms with Crippen molar-refractivity contribution in [1.82, 2.24) is 0 Å². The molecule has 0 unspecified atom stereocenters. The van der Waals surface area contributed by atoms with E-state index in [0.29, 0.717) is 5.92 Å². The molecule has 0 radical (unpaired) electrons. The van der Waals surface area contributed by atoms with Crippen molar-refractivity contribution < 1.29 is 13.2 Å². The van der Waals surface area contributed by atoms with Crippen molar-refractivity contribution in [1.29, 1.82) is 0 Å². The van der Waals surface area contributed by atoms with E-state index < -0.39 is 10.0 Å². The summed E-state index contributed by atoms with van der Waals surface area (Å²) in [6, 6.07) is 10.7. The number of thiophene rings is 1. The summed E-state index contributed by atoms with van der Waals surface area (Å²) in [5.74, 6) is 0.547. The maximum atomic E-state index is 11.3. The molecule has 2 aromatic rings. The van der Waals surface area contributed by atoms with Crippen molar-refractivity contribution in [2.24, 2.45) is 11.1 Å². The molecular formula is C16H19BrN2O3S2. The van der Waals surface area contributed by atoms with Crippen LogP contribution in [0, 0.1) is 5.92 Å². The van der Waals surface area contributed by atoms with Crippen LogP contribution in [0.5, 0.6) is 5.06 Å². The van der Waals surface area contributed by atoms with E-state index in [9.17, 15) is 8.42 Å². The normalized spacial score (nSPS) is 16.3. The van der Waals surface area contributed by atoms with E-state index in [2.05, 4.69) is 20.8 Å². The first kappa shape index (κ1) is 17.7. The third-order valence-electron chi connectivity index (χ3n) is 4.15. The highest BCUT2D eigenvalue weighted by Crippen LogP contribution is 2.30. The van der Waals surface area contributed by atoms with Crippen molar-refractivity contribution in [2.45, 2.75) is 17.7 Å². The molecule has 0 saturated carbocycles. The maximum absolute atomic E-state index is 11.3. The second-order valence-corrected chi connectivity index (χ2v) is 9.83. The van der Waals surface area contributed by atoms with Gasteiger partial charge in [-0.15, -0.1) is 0 Å². The molecule has 3 rings (SSSR count). The van der Waals surface area contributed by atoms with Gasteiger partial charge in [0, 0.05) is 18.8 Å². The Kier molecular flexibility index (Phi) is 5.49. The van der Waals surface area contributed by atoms with Gasteiger partial charge in [0.05, 0.1) is 15.3 Å². The van der Waals surface area contributed by atoms with Crippen LogP contribution in [0.25, 0.3) is 0 Å². The van der Waals surface area contributed by atoms with Crippen LogP contribution in [0.3, 0.4) is 0 Å². The standard InChI is InChI=1S/C16H19BrN2O3S2/c17-15-5-6-16(23-15)22-11-12-7-9-19(10-8-12)13-1-3-14(4-2-13)24(18,20)21/h1-6,12H,7-11H2,(H2,18,20,21). The number of nitrogens with zero attached hydrogens (tertiary/aromatic N) is 1. The first-order valence-electron chi connectivity index (χ1n) is 7.68. The number of rotatable bonds is 5. The van der Waals surface area contributed by atoms with Crippen LogP contribution in [0.1, 0.15) is 12.8 Å². The lowest BCUT2D eigenvalue weighted by Gasteiger charge is -2.33. The van der Waals surface area contributed by atoms with E-state index in [4.69, 9.17) is 9.88 Å². The number of benzene rings is 1. The molecule has 1 aliphatic rings. The molecule has 24 heavy (non-hydrogen) atoms. The summed E-state index contributed by atoms with van der Waals surface area (Å²) in [6.45, 7) is 2.62. The number of sulfonamides is 1. The smallest absolute Gasteiger partial charge is 0.238 e. The Morgan fingerprint density at radius 2 is 1.83 bits per heavy atom. The Morgan fingerprint density at radius 3 is 2.38 bits per heavy atom. The van der Waals surface area contributed by atoms with E-state index in [1.165, 1.54) is 0 Å². The number of hydrogen-bond acceptors (Lipinski definition) is 5. The third kappa shape index (κ3) is 4.50. The molecule has 130 valence electrons. The van der Waals surface area contributed by atoms with E-state index in [-0.39, 0.29) is 4.90 Å². The van der Waals surface area contributed by atoms with Crippen LogP contribution in [-0.2, 0) is 10.0 Å². The molecule has 5 nitrogen and oxygen atoms in total. The summed E-state index contributed by atoms with van der Waals surface area (Å²) < 4.78 is 29.5. The summed E-state index contributed by atoms with van der Waals surface area (Å²) in [4.78, 5) is 2.42. The molecule has 0 bridgehead atoms. The van der Waals surface area contributed by atoms with Crippen molar-refractivity contribution >= 4 is 43.0 Å². The first-order chi connectivity index (χ1) is 11.4. The molecule has 0 amide bonds. The van der Waals surface area contributed by atoms with Gasteiger partial charge < -0.3 is 9.64 Å². The number of anilines is 1. The molecular weight excluding hydrogens is 412 g/mol. The lowest BCUT2D eigenvalue weighted by Crippen LogP contribution is -2.35. The second-order valence-electron chi connectivity index (χ2n) is 5.84. The monoisotopic (exact) mass is 430 g/mol. The highest BCUT2D eigenvalue weighted by Gasteiger charge is 2.20. The lowest BCUT2D eigenvalue weighted by atomic mass is 9.97. The molecule has 2 N–H and O–H groups in total. The van der Waals surface area contributed by atoms with Crippen LogP contribution in [-0.4, -0.2) is 28.1 Å². The van der Waals surface area contributed by atoms with Crippen molar-refractivity contribution in [2.75, 3.05) is 24.6 Å². The summed E-state index contributed by atoms with van der Waals surface area (Å²) in [6.07, 6.45) is 2.12. The predicted octanol–water partition coefficient (Wildman–Crippen LogP) is 3.45. The average Bonchev–Trinajstić information content (AvgIpc) is 2.98. The van der Waals surface area contributed by atoms with Crippen LogP contribution < -0.4 is 14.8 Å². The Labute approximate surface area is 154 Å². The quantitative estimate of drug-likeness (QED) is 0.787.